The Morgan fingerprint density at radius 3 is 2.86 bits per heavy atom. The number of carbonyl (C=O) groups is 1. The number of aromatic nitrogens is 1. The summed E-state index contributed by atoms with van der Waals surface area (Å²) in [5.41, 5.74) is 0.119. The smallest absolute Gasteiger partial charge is 0.404 e. The summed E-state index contributed by atoms with van der Waals surface area (Å²) in [7, 11) is 0. The highest BCUT2D eigenvalue weighted by Crippen LogP contribution is 2.28. The van der Waals surface area contributed by atoms with E-state index >= 15 is 0 Å². The Kier molecular flexibility index (Phi) is 4.73. The van der Waals surface area contributed by atoms with Crippen molar-refractivity contribution in [3.8, 4) is 6.07 Å². The van der Waals surface area contributed by atoms with E-state index in [-0.39, 0.29) is 29.2 Å². The van der Waals surface area contributed by atoms with Crippen LogP contribution in [0.3, 0.4) is 0 Å². The average molecular weight is 305 g/mol. The third-order valence-electron chi connectivity index (χ3n) is 3.56. The van der Waals surface area contributed by atoms with Crippen LogP contribution in [0.15, 0.2) is 12.3 Å². The Morgan fingerprint density at radius 2 is 2.23 bits per heavy atom. The van der Waals surface area contributed by atoms with Gasteiger partial charge in [-0.3, -0.25) is 10.1 Å². The molecule has 1 aliphatic rings. The summed E-state index contributed by atoms with van der Waals surface area (Å²) in [5.74, 6) is 0. The molecular weight excluding hydrogens is 290 g/mol. The molecule has 116 valence electrons. The maximum absolute atomic E-state index is 11.0. The van der Waals surface area contributed by atoms with E-state index in [2.05, 4.69) is 15.6 Å². The molecule has 1 aromatic rings. The number of nitrogens with zero attached hydrogens (tertiary/aromatic N) is 3. The van der Waals surface area contributed by atoms with Crippen molar-refractivity contribution in [2.45, 2.75) is 37.8 Å². The van der Waals surface area contributed by atoms with Crippen LogP contribution in [-0.2, 0) is 0 Å². The van der Waals surface area contributed by atoms with E-state index in [1.807, 2.05) is 6.07 Å². The van der Waals surface area contributed by atoms with Gasteiger partial charge in [-0.2, -0.15) is 5.26 Å². The fourth-order valence-corrected chi connectivity index (χ4v) is 2.62. The third-order valence-corrected chi connectivity index (χ3v) is 3.56. The molecule has 0 aliphatic heterocycles. The lowest BCUT2D eigenvalue weighted by Crippen LogP contribution is -2.41. The molecule has 0 saturated heterocycles. The summed E-state index contributed by atoms with van der Waals surface area (Å²) < 4.78 is 0. The molecule has 9 nitrogen and oxygen atoms in total. The number of nitro groups is 1. The largest absolute Gasteiger partial charge is 0.465 e. The Labute approximate surface area is 126 Å². The van der Waals surface area contributed by atoms with Crippen molar-refractivity contribution in [3.05, 3.63) is 28.1 Å². The van der Waals surface area contributed by atoms with Crippen molar-refractivity contribution in [1.29, 1.82) is 5.26 Å². The first-order valence-electron chi connectivity index (χ1n) is 6.80. The van der Waals surface area contributed by atoms with Crippen LogP contribution in [-0.4, -0.2) is 33.2 Å². The Hall–Kier alpha value is -2.89. The van der Waals surface area contributed by atoms with Crippen LogP contribution in [0.5, 0.6) is 0 Å². The van der Waals surface area contributed by atoms with Crippen LogP contribution in [0.4, 0.5) is 16.2 Å². The quantitative estimate of drug-likeness (QED) is 0.569. The van der Waals surface area contributed by atoms with Crippen LogP contribution in [0.1, 0.15) is 31.4 Å². The molecule has 2 unspecified atom stereocenters. The van der Waals surface area contributed by atoms with Gasteiger partial charge in [0.2, 0.25) is 0 Å². The van der Waals surface area contributed by atoms with Gasteiger partial charge in [-0.05, 0) is 25.7 Å². The molecule has 2 atom stereocenters. The molecule has 0 radical (unpaired) electrons. The van der Waals surface area contributed by atoms with Crippen molar-refractivity contribution in [3.63, 3.8) is 0 Å². The monoisotopic (exact) mass is 305 g/mol. The van der Waals surface area contributed by atoms with Gasteiger partial charge in [-0.25, -0.2) is 9.78 Å². The first-order valence-corrected chi connectivity index (χ1v) is 6.80. The van der Waals surface area contributed by atoms with E-state index < -0.39 is 11.0 Å². The average Bonchev–Trinajstić information content (AvgIpc) is 2.46. The first kappa shape index (κ1) is 15.5. The maximum atomic E-state index is 11.0. The molecule has 1 fully saturated rings. The van der Waals surface area contributed by atoms with Gasteiger partial charge in [0.25, 0.3) is 0 Å². The zero-order valence-electron chi connectivity index (χ0n) is 11.7. The zero-order valence-corrected chi connectivity index (χ0v) is 11.7. The molecule has 1 aromatic heterocycles. The summed E-state index contributed by atoms with van der Waals surface area (Å²) >= 11 is 0. The highest BCUT2D eigenvalue weighted by molar-refractivity contribution is 5.65. The number of nitrogens with one attached hydrogen (secondary N) is 2. The van der Waals surface area contributed by atoms with Gasteiger partial charge < -0.3 is 15.7 Å². The van der Waals surface area contributed by atoms with Crippen molar-refractivity contribution in [1.82, 2.24) is 10.3 Å². The molecule has 0 bridgehead atoms. The number of carboxylic acid groups (broad SMARTS) is 1. The Morgan fingerprint density at radius 1 is 1.50 bits per heavy atom. The van der Waals surface area contributed by atoms with Crippen LogP contribution in [0.25, 0.3) is 0 Å². The van der Waals surface area contributed by atoms with Crippen molar-refractivity contribution in [2.75, 3.05) is 5.32 Å². The Bertz CT molecular complexity index is 627. The van der Waals surface area contributed by atoms with Gasteiger partial charge in [-0.1, -0.05) is 0 Å². The minimum atomic E-state index is -1.08. The molecular formula is C13H15N5O4. The number of rotatable bonds is 4. The second-order valence-corrected chi connectivity index (χ2v) is 5.11. The first-order chi connectivity index (χ1) is 10.5. The summed E-state index contributed by atoms with van der Waals surface area (Å²) in [6, 6.07) is 2.90. The van der Waals surface area contributed by atoms with E-state index in [4.69, 9.17) is 10.4 Å². The number of nitriles is 1. The molecule has 2 rings (SSSR count). The molecule has 1 heterocycles. The third kappa shape index (κ3) is 3.82. The minimum absolute atomic E-state index is 0.0871. The van der Waals surface area contributed by atoms with Gasteiger partial charge in [0, 0.05) is 18.2 Å². The number of hydrogen-bond donors (Lipinski definition) is 3. The topological polar surface area (TPSA) is 141 Å². The van der Waals surface area contributed by atoms with Crippen LogP contribution in [0.2, 0.25) is 0 Å². The van der Waals surface area contributed by atoms with Crippen molar-refractivity contribution < 1.29 is 14.8 Å². The fourth-order valence-electron chi connectivity index (χ4n) is 2.62. The predicted molar refractivity (Wildman–Crippen MR) is 76.4 cm³/mol. The highest BCUT2D eigenvalue weighted by Gasteiger charge is 2.25. The lowest BCUT2D eigenvalue weighted by molar-refractivity contribution is -0.384. The molecule has 0 aromatic carbocycles. The number of amides is 1. The normalized spacial score (nSPS) is 20.7. The molecule has 22 heavy (non-hydrogen) atoms. The second kappa shape index (κ2) is 6.71. The van der Waals surface area contributed by atoms with E-state index in [1.54, 1.807) is 0 Å². The molecule has 9 heteroatoms. The van der Waals surface area contributed by atoms with Gasteiger partial charge in [0.15, 0.2) is 0 Å². The van der Waals surface area contributed by atoms with Gasteiger partial charge in [0.05, 0.1) is 4.92 Å². The lowest BCUT2D eigenvalue weighted by atomic mass is 9.91. The molecule has 1 saturated carbocycles. The number of hydrogen-bond acceptors (Lipinski definition) is 6. The molecule has 3 N–H and O–H groups in total. The molecule has 0 spiro atoms. The zero-order chi connectivity index (χ0) is 16.1. The fraction of sp³-hybridized carbons (Fsp3) is 0.462. The second-order valence-electron chi connectivity index (χ2n) is 5.11. The standard InChI is InChI=1S/C13H15N5O4/c14-6-10-5-11(12(7-15-10)18(21)22)16-8-2-1-3-9(4-8)17-13(19)20/h5,7-9,17H,1-4H2,(H,15,16)(H,19,20). The summed E-state index contributed by atoms with van der Waals surface area (Å²) in [5, 5.41) is 34.1. The van der Waals surface area contributed by atoms with Crippen LogP contribution in [0, 0.1) is 21.4 Å². The SMILES string of the molecule is N#Cc1cc(NC2CCCC(NC(=O)O)C2)c([N+](=O)[O-])cn1. The highest BCUT2D eigenvalue weighted by atomic mass is 16.6. The van der Waals surface area contributed by atoms with Gasteiger partial charge in [0.1, 0.15) is 23.6 Å². The summed E-state index contributed by atoms with van der Waals surface area (Å²) in [6.45, 7) is 0. The van der Waals surface area contributed by atoms with E-state index in [0.717, 1.165) is 25.5 Å². The van der Waals surface area contributed by atoms with Crippen LogP contribution >= 0.6 is 0 Å². The van der Waals surface area contributed by atoms with E-state index in [1.165, 1.54) is 6.07 Å². The van der Waals surface area contributed by atoms with Crippen LogP contribution < -0.4 is 10.6 Å². The summed E-state index contributed by atoms with van der Waals surface area (Å²) in [6.07, 6.45) is 2.84. The van der Waals surface area contributed by atoms with Crippen molar-refractivity contribution in [2.24, 2.45) is 0 Å². The molecule has 1 amide bonds. The van der Waals surface area contributed by atoms with E-state index in [9.17, 15) is 14.9 Å². The van der Waals surface area contributed by atoms with E-state index in [0.29, 0.717) is 6.42 Å². The minimum Gasteiger partial charge on any atom is -0.465 e. The van der Waals surface area contributed by atoms with Gasteiger partial charge >= 0.3 is 11.8 Å². The summed E-state index contributed by atoms with van der Waals surface area (Å²) in [4.78, 5) is 24.9. The Balaban J connectivity index is 2.13. The number of pyridine rings is 1. The lowest BCUT2D eigenvalue weighted by Gasteiger charge is -2.30. The van der Waals surface area contributed by atoms with Crippen molar-refractivity contribution >= 4 is 17.5 Å². The van der Waals surface area contributed by atoms with Gasteiger partial charge in [-0.15, -0.1) is 0 Å². The number of anilines is 1. The predicted octanol–water partition coefficient (Wildman–Crippen LogP) is 1.85. The maximum Gasteiger partial charge on any atom is 0.404 e. The molecule has 1 aliphatic carbocycles.